The molecule has 0 radical (unpaired) electrons. The zero-order valence-corrected chi connectivity index (χ0v) is 10.6. The number of hydrogen-bond donors (Lipinski definition) is 1. The van der Waals surface area contributed by atoms with Gasteiger partial charge in [0, 0.05) is 17.2 Å². The van der Waals surface area contributed by atoms with E-state index < -0.39 is 0 Å². The van der Waals surface area contributed by atoms with Crippen LogP contribution in [0.4, 0.5) is 5.69 Å². The molecule has 0 fully saturated rings. The van der Waals surface area contributed by atoms with Crippen LogP contribution in [0.25, 0.3) is 21.8 Å². The van der Waals surface area contributed by atoms with Crippen molar-refractivity contribution in [1.82, 2.24) is 0 Å². The third-order valence-corrected chi connectivity index (χ3v) is 3.29. The van der Waals surface area contributed by atoms with E-state index >= 15 is 0 Å². The zero-order chi connectivity index (χ0) is 12.7. The summed E-state index contributed by atoms with van der Waals surface area (Å²) in [5.41, 5.74) is 8.83. The summed E-state index contributed by atoms with van der Waals surface area (Å²) in [7, 11) is 1.64. The predicted octanol–water partition coefficient (Wildman–Crippen LogP) is 3.05. The molecule has 3 aromatic rings. The van der Waals surface area contributed by atoms with Gasteiger partial charge in [0.25, 0.3) is 0 Å². The van der Waals surface area contributed by atoms with Gasteiger partial charge >= 0.3 is 0 Å². The standard InChI is InChI=1S/C14H11ClN2O/c1-18-9-3-5-12-11(7-9)14(16)10-4-2-8(15)6-13(10)17-12/h2-7H,1H3,(H2,16,17)/p+1. The van der Waals surface area contributed by atoms with Gasteiger partial charge in [0.05, 0.1) is 23.6 Å². The third-order valence-electron chi connectivity index (χ3n) is 3.06. The molecule has 1 heterocycles. The molecule has 2 aromatic carbocycles. The third kappa shape index (κ3) is 1.64. The average Bonchev–Trinajstić information content (AvgIpc) is 2.38. The van der Waals surface area contributed by atoms with Gasteiger partial charge in [0.15, 0.2) is 0 Å². The summed E-state index contributed by atoms with van der Waals surface area (Å²) in [5.74, 6) is 0.788. The van der Waals surface area contributed by atoms with Crippen LogP contribution in [0.5, 0.6) is 5.75 Å². The number of benzene rings is 2. The van der Waals surface area contributed by atoms with Gasteiger partial charge in [-0.2, -0.15) is 0 Å². The fraction of sp³-hybridized carbons (Fsp3) is 0.0714. The van der Waals surface area contributed by atoms with Crippen LogP contribution in [-0.4, -0.2) is 7.11 Å². The number of nitrogen functional groups attached to an aromatic ring is 1. The average molecular weight is 260 g/mol. The Bertz CT molecular complexity index is 755. The highest BCUT2D eigenvalue weighted by molar-refractivity contribution is 6.31. The molecule has 3 nitrogen and oxygen atoms in total. The van der Waals surface area contributed by atoms with Crippen molar-refractivity contribution in [2.75, 3.05) is 12.8 Å². The van der Waals surface area contributed by atoms with Crippen molar-refractivity contribution in [3.8, 4) is 5.75 Å². The largest absolute Gasteiger partial charge is 0.497 e. The number of nitrogens with two attached hydrogens (primary N) is 1. The Morgan fingerprint density at radius 3 is 2.67 bits per heavy atom. The number of aromatic nitrogens is 1. The summed E-state index contributed by atoms with van der Waals surface area (Å²) < 4.78 is 5.22. The second-order valence-electron chi connectivity index (χ2n) is 4.14. The van der Waals surface area contributed by atoms with Crippen LogP contribution in [0.1, 0.15) is 0 Å². The number of ether oxygens (including phenoxy) is 1. The lowest BCUT2D eigenvalue weighted by atomic mass is 10.1. The summed E-state index contributed by atoms with van der Waals surface area (Å²) in [5, 5.41) is 2.59. The van der Waals surface area contributed by atoms with Gasteiger partial charge in [-0.05, 0) is 24.3 Å². The molecular formula is C14H12ClN2O+. The molecule has 0 aliphatic rings. The molecule has 0 atom stereocenters. The quantitative estimate of drug-likeness (QED) is 0.683. The first kappa shape index (κ1) is 11.1. The fourth-order valence-corrected chi connectivity index (χ4v) is 2.30. The normalized spacial score (nSPS) is 11.0. The number of aromatic amines is 1. The van der Waals surface area contributed by atoms with Crippen LogP contribution in [0, 0.1) is 0 Å². The van der Waals surface area contributed by atoms with Crippen molar-refractivity contribution in [1.29, 1.82) is 0 Å². The highest BCUT2D eigenvalue weighted by Gasteiger charge is 2.12. The first-order chi connectivity index (χ1) is 8.69. The summed E-state index contributed by atoms with van der Waals surface area (Å²) in [6.45, 7) is 0. The molecule has 0 bridgehead atoms. The number of H-pyrrole nitrogens is 1. The Labute approximate surface area is 109 Å². The highest BCUT2D eigenvalue weighted by atomic mass is 35.5. The van der Waals surface area contributed by atoms with E-state index in [0.29, 0.717) is 5.02 Å². The van der Waals surface area contributed by atoms with E-state index in [2.05, 4.69) is 4.98 Å². The van der Waals surface area contributed by atoms with Gasteiger partial charge in [-0.25, -0.2) is 4.98 Å². The number of methoxy groups -OCH3 is 1. The molecular weight excluding hydrogens is 248 g/mol. The second kappa shape index (κ2) is 4.03. The summed E-state index contributed by atoms with van der Waals surface area (Å²) in [6, 6.07) is 11.4. The Balaban J connectivity index is 2.44. The molecule has 90 valence electrons. The zero-order valence-electron chi connectivity index (χ0n) is 9.83. The lowest BCUT2D eigenvalue weighted by Gasteiger charge is -2.04. The van der Waals surface area contributed by atoms with Crippen molar-refractivity contribution in [3.63, 3.8) is 0 Å². The van der Waals surface area contributed by atoms with Gasteiger partial charge in [-0.15, -0.1) is 0 Å². The van der Waals surface area contributed by atoms with Gasteiger partial charge in [-0.1, -0.05) is 11.6 Å². The van der Waals surface area contributed by atoms with Crippen LogP contribution in [0.2, 0.25) is 5.02 Å². The number of anilines is 1. The summed E-state index contributed by atoms with van der Waals surface area (Å²) in [6.07, 6.45) is 0. The topological polar surface area (TPSA) is 49.4 Å². The number of hydrogen-bond acceptors (Lipinski definition) is 2. The van der Waals surface area contributed by atoms with E-state index in [9.17, 15) is 0 Å². The highest BCUT2D eigenvalue weighted by Crippen LogP contribution is 2.29. The molecule has 3 rings (SSSR count). The Morgan fingerprint density at radius 2 is 1.89 bits per heavy atom. The number of halogens is 1. The van der Waals surface area contributed by atoms with E-state index in [1.807, 2.05) is 36.4 Å². The van der Waals surface area contributed by atoms with E-state index in [1.165, 1.54) is 0 Å². The SMILES string of the molecule is COc1ccc2[nH+]c3cc(Cl)ccc3c(N)c2c1. The minimum absolute atomic E-state index is 0.686. The second-order valence-corrected chi connectivity index (χ2v) is 4.58. The summed E-state index contributed by atoms with van der Waals surface area (Å²) >= 11 is 5.99. The molecule has 0 spiro atoms. The molecule has 1 aromatic heterocycles. The van der Waals surface area contributed by atoms with E-state index in [4.69, 9.17) is 22.1 Å². The molecule has 0 saturated heterocycles. The van der Waals surface area contributed by atoms with Crippen LogP contribution >= 0.6 is 11.6 Å². The van der Waals surface area contributed by atoms with E-state index in [-0.39, 0.29) is 0 Å². The van der Waals surface area contributed by atoms with Gasteiger partial charge in [0.1, 0.15) is 5.75 Å². The lowest BCUT2D eigenvalue weighted by Crippen LogP contribution is -2.08. The van der Waals surface area contributed by atoms with E-state index in [0.717, 1.165) is 33.2 Å². The first-order valence-corrected chi connectivity index (χ1v) is 5.94. The van der Waals surface area contributed by atoms with Gasteiger partial charge in [0.2, 0.25) is 11.0 Å². The minimum atomic E-state index is 0.686. The fourth-order valence-electron chi connectivity index (χ4n) is 2.13. The molecule has 3 N–H and O–H groups in total. The number of fused-ring (bicyclic) bond motifs is 2. The lowest BCUT2D eigenvalue weighted by molar-refractivity contribution is -0.310. The molecule has 4 heteroatoms. The number of pyridine rings is 1. The van der Waals surface area contributed by atoms with E-state index in [1.54, 1.807) is 7.11 Å². The van der Waals surface area contributed by atoms with Crippen molar-refractivity contribution in [3.05, 3.63) is 41.4 Å². The van der Waals surface area contributed by atoms with Crippen LogP contribution in [0.15, 0.2) is 36.4 Å². The van der Waals surface area contributed by atoms with Crippen molar-refractivity contribution >= 4 is 39.1 Å². The van der Waals surface area contributed by atoms with Crippen LogP contribution < -0.4 is 15.5 Å². The van der Waals surface area contributed by atoms with Crippen molar-refractivity contribution in [2.24, 2.45) is 0 Å². The Morgan fingerprint density at radius 1 is 1.06 bits per heavy atom. The van der Waals surface area contributed by atoms with Crippen molar-refractivity contribution < 1.29 is 9.72 Å². The monoisotopic (exact) mass is 259 g/mol. The summed E-state index contributed by atoms with van der Waals surface area (Å²) in [4.78, 5) is 3.32. The number of rotatable bonds is 1. The molecule has 0 aliphatic carbocycles. The molecule has 0 amide bonds. The molecule has 0 saturated carbocycles. The predicted molar refractivity (Wildman–Crippen MR) is 74.0 cm³/mol. The Hall–Kier alpha value is -2.00. The van der Waals surface area contributed by atoms with Gasteiger partial charge in [-0.3, -0.25) is 0 Å². The maximum Gasteiger partial charge on any atom is 0.214 e. The van der Waals surface area contributed by atoms with Crippen LogP contribution in [-0.2, 0) is 0 Å². The maximum absolute atomic E-state index is 6.21. The minimum Gasteiger partial charge on any atom is -0.497 e. The van der Waals surface area contributed by atoms with Gasteiger partial charge < -0.3 is 10.5 Å². The number of nitrogens with one attached hydrogen (secondary N) is 1. The molecule has 0 aliphatic heterocycles. The van der Waals surface area contributed by atoms with Crippen LogP contribution in [0.3, 0.4) is 0 Å². The molecule has 18 heavy (non-hydrogen) atoms. The van der Waals surface area contributed by atoms with Crippen molar-refractivity contribution in [2.45, 2.75) is 0 Å². The Kier molecular flexibility index (Phi) is 2.49. The first-order valence-electron chi connectivity index (χ1n) is 5.57. The maximum atomic E-state index is 6.21. The smallest absolute Gasteiger partial charge is 0.214 e. The molecule has 0 unspecified atom stereocenters.